The third kappa shape index (κ3) is 2.36. The molecular weight excluding hydrogens is 235 g/mol. The van der Waals surface area contributed by atoms with E-state index in [2.05, 4.69) is 10.3 Å². The lowest BCUT2D eigenvalue weighted by atomic mass is 10.1. The molecule has 1 aliphatic carbocycles. The number of aromatic nitrogens is 1. The molecule has 2 aliphatic rings. The summed E-state index contributed by atoms with van der Waals surface area (Å²) in [6.45, 7) is 0.702. The monoisotopic (exact) mass is 250 g/mol. The smallest absolute Gasteiger partial charge is 0.253 e. The molecule has 2 heterocycles. The van der Waals surface area contributed by atoms with Gasteiger partial charge in [-0.1, -0.05) is 0 Å². The fraction of sp³-hybridized carbons (Fsp3) is 0.538. The molecule has 96 valence electrons. The van der Waals surface area contributed by atoms with Crippen molar-refractivity contribution in [2.75, 3.05) is 6.61 Å². The molecule has 0 spiro atoms. The first-order valence-corrected chi connectivity index (χ1v) is 6.28. The van der Waals surface area contributed by atoms with Crippen molar-refractivity contribution in [1.82, 2.24) is 10.3 Å². The van der Waals surface area contributed by atoms with Gasteiger partial charge < -0.3 is 10.1 Å². The van der Waals surface area contributed by atoms with Crippen LogP contribution in [0.1, 0.15) is 29.6 Å². The number of halogens is 1. The number of ether oxygens (including phenoxy) is 1. The number of nitrogens with one attached hydrogen (secondary N) is 1. The van der Waals surface area contributed by atoms with Gasteiger partial charge in [-0.15, -0.1) is 0 Å². The second kappa shape index (κ2) is 4.65. The minimum atomic E-state index is -0.577. The van der Waals surface area contributed by atoms with E-state index in [0.717, 1.165) is 6.42 Å². The molecule has 0 aromatic carbocycles. The SMILES string of the molecule is O=C(NC1CCOC1C1CC1)c1ccc(F)nc1. The van der Waals surface area contributed by atoms with Crippen LogP contribution >= 0.6 is 0 Å². The first-order valence-electron chi connectivity index (χ1n) is 6.28. The number of carbonyl (C=O) groups excluding carboxylic acids is 1. The second-order valence-corrected chi connectivity index (χ2v) is 4.91. The van der Waals surface area contributed by atoms with E-state index in [1.165, 1.54) is 31.2 Å². The summed E-state index contributed by atoms with van der Waals surface area (Å²) in [5.41, 5.74) is 0.387. The molecule has 1 aromatic rings. The summed E-state index contributed by atoms with van der Waals surface area (Å²) in [6, 6.07) is 2.72. The van der Waals surface area contributed by atoms with Gasteiger partial charge in [-0.3, -0.25) is 4.79 Å². The Labute approximate surface area is 105 Å². The average molecular weight is 250 g/mol. The number of nitrogens with zero attached hydrogens (tertiary/aromatic N) is 1. The van der Waals surface area contributed by atoms with Crippen LogP contribution in [-0.2, 0) is 4.74 Å². The molecule has 2 atom stereocenters. The Balaban J connectivity index is 1.64. The fourth-order valence-corrected chi connectivity index (χ4v) is 2.42. The van der Waals surface area contributed by atoms with Crippen molar-refractivity contribution in [3.63, 3.8) is 0 Å². The summed E-state index contributed by atoms with van der Waals surface area (Å²) in [5, 5.41) is 2.96. The molecule has 1 saturated carbocycles. The molecule has 2 unspecified atom stereocenters. The van der Waals surface area contributed by atoms with Gasteiger partial charge in [0.15, 0.2) is 0 Å². The van der Waals surface area contributed by atoms with Crippen LogP contribution in [0.2, 0.25) is 0 Å². The number of hydrogen-bond acceptors (Lipinski definition) is 3. The Morgan fingerprint density at radius 1 is 1.39 bits per heavy atom. The van der Waals surface area contributed by atoms with Crippen LogP contribution in [-0.4, -0.2) is 29.6 Å². The maximum Gasteiger partial charge on any atom is 0.253 e. The summed E-state index contributed by atoms with van der Waals surface area (Å²) >= 11 is 0. The van der Waals surface area contributed by atoms with Crippen molar-refractivity contribution < 1.29 is 13.9 Å². The quantitative estimate of drug-likeness (QED) is 0.827. The molecule has 1 amide bonds. The molecular formula is C13H15FN2O2. The predicted octanol–water partition coefficient (Wildman–Crippen LogP) is 1.52. The molecule has 0 radical (unpaired) electrons. The van der Waals surface area contributed by atoms with E-state index < -0.39 is 5.95 Å². The topological polar surface area (TPSA) is 51.2 Å². The number of amides is 1. The number of rotatable bonds is 3. The van der Waals surface area contributed by atoms with Crippen molar-refractivity contribution in [2.45, 2.75) is 31.4 Å². The molecule has 18 heavy (non-hydrogen) atoms. The Kier molecular flexibility index (Phi) is 2.99. The van der Waals surface area contributed by atoms with E-state index in [1.807, 2.05) is 0 Å². The zero-order valence-electron chi connectivity index (χ0n) is 9.93. The maximum atomic E-state index is 12.7. The lowest BCUT2D eigenvalue weighted by Crippen LogP contribution is -2.41. The Hall–Kier alpha value is -1.49. The van der Waals surface area contributed by atoms with E-state index in [0.29, 0.717) is 18.1 Å². The Bertz CT molecular complexity index is 445. The number of carbonyl (C=O) groups is 1. The maximum absolute atomic E-state index is 12.7. The zero-order chi connectivity index (χ0) is 12.5. The highest BCUT2D eigenvalue weighted by Crippen LogP contribution is 2.38. The van der Waals surface area contributed by atoms with Gasteiger partial charge in [-0.2, -0.15) is 4.39 Å². The summed E-state index contributed by atoms with van der Waals surface area (Å²) in [4.78, 5) is 15.5. The van der Waals surface area contributed by atoms with Gasteiger partial charge in [0.2, 0.25) is 5.95 Å². The van der Waals surface area contributed by atoms with E-state index in [1.54, 1.807) is 0 Å². The standard InChI is InChI=1S/C13H15FN2O2/c14-11-4-3-9(7-15-11)13(17)16-10-5-6-18-12(10)8-1-2-8/h3-4,7-8,10,12H,1-2,5-6H2,(H,16,17). The summed E-state index contributed by atoms with van der Waals surface area (Å²) in [7, 11) is 0. The molecule has 0 bridgehead atoms. The largest absolute Gasteiger partial charge is 0.376 e. The van der Waals surface area contributed by atoms with Crippen LogP contribution in [0.3, 0.4) is 0 Å². The third-order valence-electron chi connectivity index (χ3n) is 3.53. The lowest BCUT2D eigenvalue weighted by Gasteiger charge is -2.19. The molecule has 1 aliphatic heterocycles. The Morgan fingerprint density at radius 2 is 2.22 bits per heavy atom. The molecule has 1 N–H and O–H groups in total. The van der Waals surface area contributed by atoms with Crippen molar-refractivity contribution in [2.24, 2.45) is 5.92 Å². The lowest BCUT2D eigenvalue weighted by molar-refractivity contribution is 0.0729. The highest BCUT2D eigenvalue weighted by molar-refractivity contribution is 5.94. The van der Waals surface area contributed by atoms with Crippen molar-refractivity contribution >= 4 is 5.91 Å². The van der Waals surface area contributed by atoms with Gasteiger partial charge in [-0.25, -0.2) is 4.98 Å². The van der Waals surface area contributed by atoms with E-state index in [4.69, 9.17) is 4.74 Å². The normalized spacial score (nSPS) is 27.2. The van der Waals surface area contributed by atoms with Crippen LogP contribution in [0.15, 0.2) is 18.3 Å². The molecule has 4 nitrogen and oxygen atoms in total. The second-order valence-electron chi connectivity index (χ2n) is 4.91. The van der Waals surface area contributed by atoms with E-state index in [-0.39, 0.29) is 18.1 Å². The van der Waals surface area contributed by atoms with Crippen LogP contribution in [0.25, 0.3) is 0 Å². The van der Waals surface area contributed by atoms with Crippen LogP contribution in [0.5, 0.6) is 0 Å². The molecule has 2 fully saturated rings. The zero-order valence-corrected chi connectivity index (χ0v) is 9.93. The van der Waals surface area contributed by atoms with Gasteiger partial charge in [0.1, 0.15) is 0 Å². The van der Waals surface area contributed by atoms with E-state index in [9.17, 15) is 9.18 Å². The minimum absolute atomic E-state index is 0.0788. The van der Waals surface area contributed by atoms with Crippen LogP contribution in [0, 0.1) is 11.9 Å². The van der Waals surface area contributed by atoms with E-state index >= 15 is 0 Å². The van der Waals surface area contributed by atoms with Crippen molar-refractivity contribution in [3.05, 3.63) is 29.8 Å². The summed E-state index contributed by atoms with van der Waals surface area (Å²) < 4.78 is 18.3. The molecule has 5 heteroatoms. The molecule has 1 aromatic heterocycles. The third-order valence-corrected chi connectivity index (χ3v) is 3.53. The van der Waals surface area contributed by atoms with Crippen LogP contribution < -0.4 is 5.32 Å². The first-order chi connectivity index (χ1) is 8.74. The van der Waals surface area contributed by atoms with Gasteiger partial charge in [0, 0.05) is 12.8 Å². The highest BCUT2D eigenvalue weighted by atomic mass is 19.1. The number of pyridine rings is 1. The van der Waals surface area contributed by atoms with Gasteiger partial charge in [0.05, 0.1) is 17.7 Å². The highest BCUT2D eigenvalue weighted by Gasteiger charge is 2.41. The molecule has 3 rings (SSSR count). The number of hydrogen-bond donors (Lipinski definition) is 1. The summed E-state index contributed by atoms with van der Waals surface area (Å²) in [6.07, 6.45) is 4.64. The van der Waals surface area contributed by atoms with Gasteiger partial charge in [0.25, 0.3) is 5.91 Å². The fourth-order valence-electron chi connectivity index (χ4n) is 2.42. The molecule has 1 saturated heterocycles. The van der Waals surface area contributed by atoms with Gasteiger partial charge >= 0.3 is 0 Å². The first kappa shape index (κ1) is 11.6. The predicted molar refractivity (Wildman–Crippen MR) is 62.5 cm³/mol. The van der Waals surface area contributed by atoms with Crippen LogP contribution in [0.4, 0.5) is 4.39 Å². The van der Waals surface area contributed by atoms with Crippen molar-refractivity contribution in [1.29, 1.82) is 0 Å². The van der Waals surface area contributed by atoms with Gasteiger partial charge in [-0.05, 0) is 37.3 Å². The Morgan fingerprint density at radius 3 is 2.89 bits per heavy atom. The minimum Gasteiger partial charge on any atom is -0.376 e. The summed E-state index contributed by atoms with van der Waals surface area (Å²) in [5.74, 6) is -0.181. The van der Waals surface area contributed by atoms with Crippen molar-refractivity contribution in [3.8, 4) is 0 Å². The average Bonchev–Trinajstić information content (AvgIpc) is 3.11.